The number of ether oxygens (including phenoxy) is 1. The Labute approximate surface area is 126 Å². The summed E-state index contributed by atoms with van der Waals surface area (Å²) in [5, 5.41) is 5.79. The molecule has 0 aromatic carbocycles. The lowest BCUT2D eigenvalue weighted by molar-refractivity contribution is -0.0329. The van der Waals surface area contributed by atoms with Crippen LogP contribution >= 0.6 is 0 Å². The number of pyridine rings is 1. The molecule has 5 nitrogen and oxygen atoms in total. The summed E-state index contributed by atoms with van der Waals surface area (Å²) in [5.74, 6) is 1.15. The van der Waals surface area contributed by atoms with Crippen molar-refractivity contribution in [3.05, 3.63) is 24.4 Å². The molecule has 2 atom stereocenters. The lowest BCUT2D eigenvalue weighted by Crippen LogP contribution is -2.45. The number of hydrogen-bond donors (Lipinski definition) is 2. The molecule has 0 bridgehead atoms. The molecule has 0 spiro atoms. The zero-order chi connectivity index (χ0) is 15.1. The molecule has 1 aromatic heterocycles. The number of rotatable bonds is 5. The number of nitrogens with zero attached hydrogens (tertiary/aromatic N) is 1. The fraction of sp³-hybridized carbons (Fsp3) is 0.625. The van der Waals surface area contributed by atoms with Crippen molar-refractivity contribution in [2.45, 2.75) is 51.7 Å². The minimum absolute atomic E-state index is 0.174. The SMILES string of the molecule is CCC(CC)[C@H]1C[C@H](NC(=O)Nc2ccccn2)CCO1. The first kappa shape index (κ1) is 15.8. The van der Waals surface area contributed by atoms with Gasteiger partial charge in [-0.1, -0.05) is 32.8 Å². The Balaban J connectivity index is 1.83. The lowest BCUT2D eigenvalue weighted by atomic mass is 9.89. The molecule has 1 aliphatic rings. The van der Waals surface area contributed by atoms with Gasteiger partial charge < -0.3 is 10.1 Å². The Morgan fingerprint density at radius 3 is 2.90 bits per heavy atom. The molecule has 2 N–H and O–H groups in total. The van der Waals surface area contributed by atoms with E-state index in [0.29, 0.717) is 11.7 Å². The van der Waals surface area contributed by atoms with Crippen LogP contribution in [0.3, 0.4) is 0 Å². The Bertz CT molecular complexity index is 434. The highest BCUT2D eigenvalue weighted by Crippen LogP contribution is 2.25. The third-order valence-electron chi connectivity index (χ3n) is 4.13. The van der Waals surface area contributed by atoms with E-state index in [-0.39, 0.29) is 18.2 Å². The molecule has 0 saturated carbocycles. The van der Waals surface area contributed by atoms with Crippen molar-refractivity contribution in [3.8, 4) is 0 Å². The van der Waals surface area contributed by atoms with Gasteiger partial charge in [0.05, 0.1) is 6.10 Å². The molecule has 2 heterocycles. The molecule has 0 radical (unpaired) electrons. The van der Waals surface area contributed by atoms with Crippen molar-refractivity contribution in [3.63, 3.8) is 0 Å². The van der Waals surface area contributed by atoms with E-state index in [1.165, 1.54) is 0 Å². The fourth-order valence-electron chi connectivity index (χ4n) is 2.88. The molecule has 116 valence electrons. The van der Waals surface area contributed by atoms with Crippen molar-refractivity contribution >= 4 is 11.8 Å². The van der Waals surface area contributed by atoms with Gasteiger partial charge in [0, 0.05) is 18.8 Å². The summed E-state index contributed by atoms with van der Waals surface area (Å²) in [6.07, 6.45) is 5.91. The van der Waals surface area contributed by atoms with Gasteiger partial charge in [0.2, 0.25) is 0 Å². The van der Waals surface area contributed by atoms with Gasteiger partial charge in [-0.25, -0.2) is 9.78 Å². The second kappa shape index (κ2) is 7.98. The topological polar surface area (TPSA) is 63.2 Å². The van der Waals surface area contributed by atoms with Crippen LogP contribution in [0.1, 0.15) is 39.5 Å². The number of anilines is 1. The van der Waals surface area contributed by atoms with Crippen LogP contribution in [0.4, 0.5) is 10.6 Å². The van der Waals surface area contributed by atoms with Crippen molar-refractivity contribution < 1.29 is 9.53 Å². The second-order valence-electron chi connectivity index (χ2n) is 5.52. The van der Waals surface area contributed by atoms with Crippen molar-refractivity contribution in [1.29, 1.82) is 0 Å². The predicted molar refractivity (Wildman–Crippen MR) is 83.2 cm³/mol. The number of nitrogens with one attached hydrogen (secondary N) is 2. The van der Waals surface area contributed by atoms with E-state index >= 15 is 0 Å². The largest absolute Gasteiger partial charge is 0.378 e. The van der Waals surface area contributed by atoms with Crippen LogP contribution in [0.5, 0.6) is 0 Å². The Kier molecular flexibility index (Phi) is 5.99. The van der Waals surface area contributed by atoms with Crippen LogP contribution in [-0.2, 0) is 4.74 Å². The highest BCUT2D eigenvalue weighted by molar-refractivity contribution is 5.88. The molecule has 1 fully saturated rings. The first-order valence-corrected chi connectivity index (χ1v) is 7.83. The van der Waals surface area contributed by atoms with Gasteiger partial charge in [0.15, 0.2) is 0 Å². The number of aromatic nitrogens is 1. The second-order valence-corrected chi connectivity index (χ2v) is 5.52. The third kappa shape index (κ3) is 4.70. The van der Waals surface area contributed by atoms with Crippen LogP contribution in [0.25, 0.3) is 0 Å². The van der Waals surface area contributed by atoms with Crippen molar-refractivity contribution in [1.82, 2.24) is 10.3 Å². The van der Waals surface area contributed by atoms with Gasteiger partial charge in [0.1, 0.15) is 5.82 Å². The molecule has 1 aliphatic heterocycles. The van der Waals surface area contributed by atoms with E-state index in [2.05, 4.69) is 29.5 Å². The molecule has 2 amide bonds. The van der Waals surface area contributed by atoms with Gasteiger partial charge in [-0.05, 0) is 30.9 Å². The zero-order valence-corrected chi connectivity index (χ0v) is 12.8. The van der Waals surface area contributed by atoms with Gasteiger partial charge in [-0.2, -0.15) is 0 Å². The number of hydrogen-bond acceptors (Lipinski definition) is 3. The van der Waals surface area contributed by atoms with Crippen LogP contribution in [0, 0.1) is 5.92 Å². The maximum atomic E-state index is 12.0. The summed E-state index contributed by atoms with van der Waals surface area (Å²) in [6, 6.07) is 5.43. The highest BCUT2D eigenvalue weighted by Gasteiger charge is 2.28. The predicted octanol–water partition coefficient (Wildman–Crippen LogP) is 3.19. The number of carbonyl (C=O) groups is 1. The van der Waals surface area contributed by atoms with E-state index in [4.69, 9.17) is 4.74 Å². The molecule has 0 unspecified atom stereocenters. The number of carbonyl (C=O) groups excluding carboxylic acids is 1. The molecule has 0 aliphatic carbocycles. The maximum absolute atomic E-state index is 12.0. The summed E-state index contributed by atoms with van der Waals surface area (Å²) < 4.78 is 5.87. The minimum atomic E-state index is -0.191. The molecular formula is C16H25N3O2. The van der Waals surface area contributed by atoms with Crippen LogP contribution in [-0.4, -0.2) is 29.8 Å². The van der Waals surface area contributed by atoms with Gasteiger partial charge in [-0.15, -0.1) is 0 Å². The Morgan fingerprint density at radius 2 is 2.24 bits per heavy atom. The monoisotopic (exact) mass is 291 g/mol. The smallest absolute Gasteiger partial charge is 0.320 e. The maximum Gasteiger partial charge on any atom is 0.320 e. The fourth-order valence-corrected chi connectivity index (χ4v) is 2.88. The van der Waals surface area contributed by atoms with E-state index in [1.54, 1.807) is 12.3 Å². The average molecular weight is 291 g/mol. The van der Waals surface area contributed by atoms with Gasteiger partial charge >= 0.3 is 6.03 Å². The average Bonchev–Trinajstić information content (AvgIpc) is 2.50. The van der Waals surface area contributed by atoms with Gasteiger partial charge in [-0.3, -0.25) is 5.32 Å². The number of amides is 2. The molecular weight excluding hydrogens is 266 g/mol. The quantitative estimate of drug-likeness (QED) is 0.875. The van der Waals surface area contributed by atoms with Crippen LogP contribution in [0.15, 0.2) is 24.4 Å². The summed E-state index contributed by atoms with van der Waals surface area (Å²) in [7, 11) is 0. The van der Waals surface area contributed by atoms with Crippen molar-refractivity contribution in [2.75, 3.05) is 11.9 Å². The summed E-state index contributed by atoms with van der Waals surface area (Å²) in [4.78, 5) is 16.1. The van der Waals surface area contributed by atoms with Gasteiger partial charge in [0.25, 0.3) is 0 Å². The molecule has 5 heteroatoms. The van der Waals surface area contributed by atoms with E-state index in [1.807, 2.05) is 12.1 Å². The third-order valence-corrected chi connectivity index (χ3v) is 4.13. The Hall–Kier alpha value is -1.62. The Morgan fingerprint density at radius 1 is 1.43 bits per heavy atom. The van der Waals surface area contributed by atoms with E-state index in [0.717, 1.165) is 32.3 Å². The minimum Gasteiger partial charge on any atom is -0.378 e. The molecule has 21 heavy (non-hydrogen) atoms. The van der Waals surface area contributed by atoms with Crippen molar-refractivity contribution in [2.24, 2.45) is 5.92 Å². The van der Waals surface area contributed by atoms with E-state index < -0.39 is 0 Å². The molecule has 2 rings (SSSR count). The summed E-state index contributed by atoms with van der Waals surface area (Å²) >= 11 is 0. The first-order valence-electron chi connectivity index (χ1n) is 7.83. The lowest BCUT2D eigenvalue weighted by Gasteiger charge is -2.34. The van der Waals surface area contributed by atoms with Crippen LogP contribution in [0.2, 0.25) is 0 Å². The summed E-state index contributed by atoms with van der Waals surface area (Å²) in [5.41, 5.74) is 0. The standard InChI is InChI=1S/C16H25N3O2/c1-3-12(4-2)14-11-13(8-10-21-14)18-16(20)19-15-7-5-6-9-17-15/h5-7,9,12-14H,3-4,8,10-11H2,1-2H3,(H2,17,18,19,20)/t13-,14-/m1/s1. The molecule has 1 aromatic rings. The summed E-state index contributed by atoms with van der Waals surface area (Å²) in [6.45, 7) is 5.11. The number of urea groups is 1. The first-order chi connectivity index (χ1) is 10.2. The molecule has 1 saturated heterocycles. The normalized spacial score (nSPS) is 22.0. The van der Waals surface area contributed by atoms with Crippen LogP contribution < -0.4 is 10.6 Å². The highest BCUT2D eigenvalue weighted by atomic mass is 16.5. The van der Waals surface area contributed by atoms with E-state index in [9.17, 15) is 4.79 Å². The zero-order valence-electron chi connectivity index (χ0n) is 12.8.